The van der Waals surface area contributed by atoms with Crippen LogP contribution in [0.1, 0.15) is 130 Å². The second-order valence-corrected chi connectivity index (χ2v) is 7.71. The maximum atomic E-state index is 12.2. The smallest absolute Gasteiger partial charge is 0.431 e. The van der Waals surface area contributed by atoms with Crippen LogP contribution >= 0.6 is 0 Å². The third-order valence-corrected chi connectivity index (χ3v) is 5.01. The van der Waals surface area contributed by atoms with E-state index in [0.717, 1.165) is 51.4 Å². The number of rotatable bonds is 18. The Hall–Kier alpha value is -0.730. The normalized spacial score (nSPS) is 13.4. The number of unbranched alkanes of at least 4 members (excludes halogenated alkanes) is 8. The van der Waals surface area contributed by atoms with Crippen molar-refractivity contribution in [1.82, 2.24) is 0 Å². The van der Waals surface area contributed by atoms with Crippen LogP contribution in [0.4, 0.5) is 4.79 Å². The molecule has 0 radical (unpaired) electrons. The van der Waals surface area contributed by atoms with E-state index in [1.165, 1.54) is 51.4 Å². The molecule has 0 saturated carbocycles. The van der Waals surface area contributed by atoms with Crippen molar-refractivity contribution in [2.24, 2.45) is 0 Å². The Morgan fingerprint density at radius 3 is 1.27 bits per heavy atom. The van der Waals surface area contributed by atoms with Crippen LogP contribution in [-0.2, 0) is 9.47 Å². The zero-order valence-electron chi connectivity index (χ0n) is 18.2. The summed E-state index contributed by atoms with van der Waals surface area (Å²) in [4.78, 5) is 12.2. The highest BCUT2D eigenvalue weighted by atomic mass is 16.7. The van der Waals surface area contributed by atoms with Crippen LogP contribution in [-0.4, -0.2) is 18.4 Å². The molecule has 0 aliphatic heterocycles. The molecule has 3 heteroatoms. The first-order valence-corrected chi connectivity index (χ1v) is 11.5. The van der Waals surface area contributed by atoms with Gasteiger partial charge in [0.1, 0.15) is 12.2 Å². The largest absolute Gasteiger partial charge is 0.508 e. The summed E-state index contributed by atoms with van der Waals surface area (Å²) < 4.78 is 11.3. The highest BCUT2D eigenvalue weighted by Crippen LogP contribution is 2.18. The number of hydrogen-bond acceptors (Lipinski definition) is 3. The molecule has 0 fully saturated rings. The van der Waals surface area contributed by atoms with Crippen molar-refractivity contribution in [2.45, 2.75) is 143 Å². The van der Waals surface area contributed by atoms with Crippen molar-refractivity contribution < 1.29 is 14.3 Å². The first-order valence-electron chi connectivity index (χ1n) is 11.5. The van der Waals surface area contributed by atoms with Crippen molar-refractivity contribution >= 4 is 6.16 Å². The molecule has 0 saturated heterocycles. The lowest BCUT2D eigenvalue weighted by molar-refractivity contribution is -0.0112. The van der Waals surface area contributed by atoms with Gasteiger partial charge in [0, 0.05) is 0 Å². The van der Waals surface area contributed by atoms with Crippen LogP contribution in [0, 0.1) is 0 Å². The monoisotopic (exact) mass is 370 g/mol. The van der Waals surface area contributed by atoms with E-state index in [2.05, 4.69) is 27.7 Å². The van der Waals surface area contributed by atoms with Gasteiger partial charge in [0.25, 0.3) is 0 Å². The van der Waals surface area contributed by atoms with Crippen LogP contribution in [0.2, 0.25) is 0 Å². The van der Waals surface area contributed by atoms with E-state index in [0.29, 0.717) is 0 Å². The van der Waals surface area contributed by atoms with Gasteiger partial charge in [-0.05, 0) is 38.5 Å². The second kappa shape index (κ2) is 19.0. The van der Waals surface area contributed by atoms with Crippen LogP contribution in [0.15, 0.2) is 0 Å². The van der Waals surface area contributed by atoms with Gasteiger partial charge in [0.2, 0.25) is 0 Å². The molecule has 3 nitrogen and oxygen atoms in total. The molecule has 0 rings (SSSR count). The third-order valence-electron chi connectivity index (χ3n) is 5.01. The quantitative estimate of drug-likeness (QED) is 0.180. The van der Waals surface area contributed by atoms with Gasteiger partial charge in [-0.2, -0.15) is 0 Å². The van der Waals surface area contributed by atoms with Crippen LogP contribution in [0.25, 0.3) is 0 Å². The van der Waals surface area contributed by atoms with Gasteiger partial charge in [-0.3, -0.25) is 0 Å². The van der Waals surface area contributed by atoms with Crippen molar-refractivity contribution in [3.63, 3.8) is 0 Å². The number of ether oxygens (including phenoxy) is 2. The molecule has 0 aromatic carbocycles. The highest BCUT2D eigenvalue weighted by Gasteiger charge is 2.19. The standard InChI is InChI=1S/C23H46O3/c1-5-9-11-13-15-19-21(17-7-3)25-23(24)26-22(18-8-4)20-16-14-12-10-6-2/h21-22H,5-20H2,1-4H3. The Bertz CT molecular complexity index is 276. The Balaban J connectivity index is 4.15. The van der Waals surface area contributed by atoms with Gasteiger partial charge in [-0.15, -0.1) is 0 Å². The third kappa shape index (κ3) is 15.5. The molecule has 0 amide bonds. The number of carbonyl (C=O) groups is 1. The molecule has 156 valence electrons. The fourth-order valence-electron chi connectivity index (χ4n) is 3.42. The Morgan fingerprint density at radius 1 is 0.538 bits per heavy atom. The van der Waals surface area contributed by atoms with E-state index in [-0.39, 0.29) is 12.2 Å². The molecule has 0 aliphatic rings. The zero-order valence-corrected chi connectivity index (χ0v) is 18.2. The fourth-order valence-corrected chi connectivity index (χ4v) is 3.42. The summed E-state index contributed by atoms with van der Waals surface area (Å²) in [6.07, 6.45) is 18.0. The minimum Gasteiger partial charge on any atom is -0.431 e. The average molecular weight is 371 g/mol. The molecule has 0 bridgehead atoms. The SMILES string of the molecule is CCCCCCCC(CCC)OC(=O)OC(CCC)CCCCCCC. The lowest BCUT2D eigenvalue weighted by atomic mass is 10.0. The van der Waals surface area contributed by atoms with Gasteiger partial charge < -0.3 is 9.47 Å². The maximum Gasteiger partial charge on any atom is 0.508 e. The van der Waals surface area contributed by atoms with Gasteiger partial charge in [0.05, 0.1) is 0 Å². The molecule has 0 N–H and O–H groups in total. The predicted octanol–water partition coefficient (Wildman–Crippen LogP) is 8.20. The molecule has 0 aromatic heterocycles. The number of hydrogen-bond donors (Lipinski definition) is 0. The molecule has 0 aromatic rings. The zero-order chi connectivity index (χ0) is 19.5. The van der Waals surface area contributed by atoms with Gasteiger partial charge >= 0.3 is 6.16 Å². The Labute approximate surface area is 163 Å². The molecule has 0 heterocycles. The molecule has 26 heavy (non-hydrogen) atoms. The summed E-state index contributed by atoms with van der Waals surface area (Å²) >= 11 is 0. The second-order valence-electron chi connectivity index (χ2n) is 7.71. The van der Waals surface area contributed by atoms with E-state index < -0.39 is 6.16 Å². The first kappa shape index (κ1) is 25.3. The molecule has 2 unspecified atom stereocenters. The van der Waals surface area contributed by atoms with Gasteiger partial charge in [-0.1, -0.05) is 91.9 Å². The molecular weight excluding hydrogens is 324 g/mol. The predicted molar refractivity (Wildman–Crippen MR) is 112 cm³/mol. The van der Waals surface area contributed by atoms with Gasteiger partial charge in [0.15, 0.2) is 0 Å². The van der Waals surface area contributed by atoms with Crippen molar-refractivity contribution in [3.8, 4) is 0 Å². The summed E-state index contributed by atoms with van der Waals surface area (Å²) in [6, 6.07) is 0. The molecular formula is C23H46O3. The van der Waals surface area contributed by atoms with E-state index in [1.807, 2.05) is 0 Å². The fraction of sp³-hybridized carbons (Fsp3) is 0.957. The molecule has 0 spiro atoms. The minimum absolute atomic E-state index is 0.0287. The highest BCUT2D eigenvalue weighted by molar-refractivity contribution is 5.60. The summed E-state index contributed by atoms with van der Waals surface area (Å²) in [6.45, 7) is 8.76. The first-order chi connectivity index (χ1) is 12.7. The van der Waals surface area contributed by atoms with Crippen molar-refractivity contribution in [3.05, 3.63) is 0 Å². The maximum absolute atomic E-state index is 12.2. The Morgan fingerprint density at radius 2 is 0.923 bits per heavy atom. The van der Waals surface area contributed by atoms with E-state index in [1.54, 1.807) is 0 Å². The summed E-state index contributed by atoms with van der Waals surface area (Å²) in [5, 5.41) is 0. The Kier molecular flexibility index (Phi) is 18.5. The van der Waals surface area contributed by atoms with E-state index in [9.17, 15) is 4.79 Å². The van der Waals surface area contributed by atoms with Crippen LogP contribution in [0.5, 0.6) is 0 Å². The average Bonchev–Trinajstić information content (AvgIpc) is 2.61. The van der Waals surface area contributed by atoms with Gasteiger partial charge in [-0.25, -0.2) is 4.79 Å². The van der Waals surface area contributed by atoms with E-state index in [4.69, 9.17) is 9.47 Å². The van der Waals surface area contributed by atoms with Crippen LogP contribution < -0.4 is 0 Å². The molecule has 0 aliphatic carbocycles. The number of carbonyl (C=O) groups excluding carboxylic acids is 1. The van der Waals surface area contributed by atoms with Crippen molar-refractivity contribution in [2.75, 3.05) is 0 Å². The minimum atomic E-state index is -0.441. The lowest BCUT2D eigenvalue weighted by Gasteiger charge is -2.21. The lowest BCUT2D eigenvalue weighted by Crippen LogP contribution is -2.24. The molecule has 2 atom stereocenters. The topological polar surface area (TPSA) is 35.5 Å². The van der Waals surface area contributed by atoms with Crippen molar-refractivity contribution in [1.29, 1.82) is 0 Å². The van der Waals surface area contributed by atoms with Crippen LogP contribution in [0.3, 0.4) is 0 Å². The summed E-state index contributed by atoms with van der Waals surface area (Å²) in [7, 11) is 0. The van der Waals surface area contributed by atoms with E-state index >= 15 is 0 Å². The summed E-state index contributed by atoms with van der Waals surface area (Å²) in [5.41, 5.74) is 0. The summed E-state index contributed by atoms with van der Waals surface area (Å²) in [5.74, 6) is 0.